The monoisotopic (exact) mass is 385 g/mol. The highest BCUT2D eigenvalue weighted by Crippen LogP contribution is 2.59. The number of allylic oxidation sites excluding steroid dienone is 4. The topological polar surface area (TPSA) is 20.2 Å². The molecule has 0 radical (unpaired) electrons. The minimum absolute atomic E-state index is 0.172. The second-order valence-electron chi connectivity index (χ2n) is 10.8. The first-order chi connectivity index (χ1) is 13.3. The van der Waals surface area contributed by atoms with Crippen LogP contribution in [0.25, 0.3) is 0 Å². The molecule has 1 N–H and O–H groups in total. The summed E-state index contributed by atoms with van der Waals surface area (Å²) in [6, 6.07) is 0. The molecule has 0 bridgehead atoms. The van der Waals surface area contributed by atoms with Gasteiger partial charge >= 0.3 is 0 Å². The molecule has 0 aromatic rings. The van der Waals surface area contributed by atoms with Gasteiger partial charge in [-0.3, -0.25) is 0 Å². The van der Waals surface area contributed by atoms with Crippen LogP contribution in [0.2, 0.25) is 0 Å². The van der Waals surface area contributed by atoms with Crippen LogP contribution in [0.4, 0.5) is 0 Å². The van der Waals surface area contributed by atoms with Crippen LogP contribution in [0.15, 0.2) is 35.5 Å². The first-order valence-corrected chi connectivity index (χ1v) is 12.1. The predicted octanol–water partition coefficient (Wildman–Crippen LogP) is 7.62. The van der Waals surface area contributed by atoms with Crippen molar-refractivity contribution >= 4 is 0 Å². The number of rotatable bonds is 6. The van der Waals surface area contributed by atoms with Gasteiger partial charge < -0.3 is 5.11 Å². The number of fused-ring (bicyclic) bond motifs is 1. The molecule has 3 fully saturated rings. The molecule has 5 atom stereocenters. The molecule has 0 aliphatic heterocycles. The van der Waals surface area contributed by atoms with Crippen LogP contribution < -0.4 is 0 Å². The standard InChI is InChI=1S/C27H44O/c1-19(2)8-6-9-21(4)25-15-16-26-22(10-7-17-27(25,26)5)12-13-23-18-24(28)14-11-20(23)3/h12-13,19,21,24-26,28H,3,6-11,14-18H2,1-2,4-5H3/b22-12+,23-13-/t21-,24+,25-,26+,27-/m1/s1/i3+1. The summed E-state index contributed by atoms with van der Waals surface area (Å²) in [5.74, 6) is 3.37. The van der Waals surface area contributed by atoms with Crippen LogP contribution in [0.1, 0.15) is 98.3 Å². The Hall–Kier alpha value is -0.820. The molecule has 28 heavy (non-hydrogen) atoms. The fourth-order valence-corrected chi connectivity index (χ4v) is 6.66. The van der Waals surface area contributed by atoms with E-state index in [0.717, 1.165) is 42.9 Å². The molecule has 0 aromatic heterocycles. The van der Waals surface area contributed by atoms with Crippen LogP contribution in [0, 0.1) is 29.1 Å². The molecule has 3 aliphatic carbocycles. The highest BCUT2D eigenvalue weighted by Gasteiger charge is 2.50. The normalized spacial score (nSPS) is 37.6. The van der Waals surface area contributed by atoms with E-state index in [-0.39, 0.29) is 6.10 Å². The van der Waals surface area contributed by atoms with Crippen molar-refractivity contribution in [3.8, 4) is 0 Å². The average Bonchev–Trinajstić information content (AvgIpc) is 2.99. The van der Waals surface area contributed by atoms with Crippen LogP contribution in [-0.4, -0.2) is 11.2 Å². The Morgan fingerprint density at radius 1 is 1.11 bits per heavy atom. The summed E-state index contributed by atoms with van der Waals surface area (Å²) < 4.78 is 0. The summed E-state index contributed by atoms with van der Waals surface area (Å²) in [5.41, 5.74) is 4.72. The SMILES string of the molecule is CC(C)CCC[C@@H](C)[C@H]1CC[C@H]2/C(=C/C=C3/C[C@@H](O)CCC3=[13CH2])CCC[C@]12C. The first-order valence-electron chi connectivity index (χ1n) is 12.1. The van der Waals surface area contributed by atoms with E-state index in [1.165, 1.54) is 62.5 Å². The van der Waals surface area contributed by atoms with Gasteiger partial charge in [0, 0.05) is 0 Å². The van der Waals surface area contributed by atoms with Gasteiger partial charge in [-0.1, -0.05) is 76.8 Å². The fraction of sp³-hybridized carbons (Fsp3) is 0.778. The zero-order valence-electron chi connectivity index (χ0n) is 19.0. The third kappa shape index (κ3) is 4.84. The second kappa shape index (κ2) is 9.33. The van der Waals surface area contributed by atoms with Gasteiger partial charge in [-0.15, -0.1) is 0 Å². The van der Waals surface area contributed by atoms with Gasteiger partial charge in [0.15, 0.2) is 0 Å². The maximum absolute atomic E-state index is 10.0. The molecule has 1 heteroatoms. The van der Waals surface area contributed by atoms with Crippen LogP contribution >= 0.6 is 0 Å². The van der Waals surface area contributed by atoms with E-state index < -0.39 is 0 Å². The molecule has 158 valence electrons. The Labute approximate surface area is 174 Å². The fourth-order valence-electron chi connectivity index (χ4n) is 6.66. The Kier molecular flexibility index (Phi) is 7.29. The van der Waals surface area contributed by atoms with Gasteiger partial charge in [0.2, 0.25) is 0 Å². The maximum Gasteiger partial charge on any atom is 0.0583 e. The van der Waals surface area contributed by atoms with E-state index >= 15 is 0 Å². The zero-order chi connectivity index (χ0) is 20.3. The second-order valence-corrected chi connectivity index (χ2v) is 10.8. The Balaban J connectivity index is 1.70. The summed E-state index contributed by atoms with van der Waals surface area (Å²) in [4.78, 5) is 0. The predicted molar refractivity (Wildman–Crippen MR) is 121 cm³/mol. The summed E-state index contributed by atoms with van der Waals surface area (Å²) in [5, 5.41) is 10.0. The van der Waals surface area contributed by atoms with Crippen molar-refractivity contribution in [2.75, 3.05) is 0 Å². The Bertz CT molecular complexity index is 610. The van der Waals surface area contributed by atoms with Crippen LogP contribution in [-0.2, 0) is 0 Å². The van der Waals surface area contributed by atoms with Crippen molar-refractivity contribution in [1.29, 1.82) is 0 Å². The van der Waals surface area contributed by atoms with Crippen LogP contribution in [0.3, 0.4) is 0 Å². The van der Waals surface area contributed by atoms with Gasteiger partial charge in [-0.05, 0) is 86.0 Å². The third-order valence-electron chi connectivity index (χ3n) is 8.35. The van der Waals surface area contributed by atoms with Gasteiger partial charge in [0.1, 0.15) is 0 Å². The van der Waals surface area contributed by atoms with E-state index in [4.69, 9.17) is 0 Å². The molecule has 3 aliphatic rings. The lowest BCUT2D eigenvalue weighted by Gasteiger charge is -2.44. The molecule has 0 unspecified atom stereocenters. The molecule has 1 nitrogen and oxygen atoms in total. The highest BCUT2D eigenvalue weighted by atomic mass is 16.3. The van der Waals surface area contributed by atoms with Crippen molar-refractivity contribution in [2.45, 2.75) is 104 Å². The summed E-state index contributed by atoms with van der Waals surface area (Å²) >= 11 is 0. The molecule has 0 spiro atoms. The van der Waals surface area contributed by atoms with Crippen molar-refractivity contribution in [1.82, 2.24) is 0 Å². The molecule has 0 aromatic carbocycles. The smallest absolute Gasteiger partial charge is 0.0583 e. The van der Waals surface area contributed by atoms with E-state index in [0.29, 0.717) is 5.41 Å². The molecule has 0 amide bonds. The minimum Gasteiger partial charge on any atom is -0.393 e. The van der Waals surface area contributed by atoms with Crippen LogP contribution in [0.5, 0.6) is 0 Å². The number of hydrogen-bond acceptors (Lipinski definition) is 1. The number of hydrogen-bond donors (Lipinski definition) is 1. The van der Waals surface area contributed by atoms with Gasteiger partial charge in [0.05, 0.1) is 6.10 Å². The van der Waals surface area contributed by atoms with Gasteiger partial charge in [-0.25, -0.2) is 0 Å². The van der Waals surface area contributed by atoms with E-state index in [2.05, 4.69) is 46.4 Å². The first kappa shape index (κ1) is 21.9. The highest BCUT2D eigenvalue weighted by molar-refractivity contribution is 5.36. The minimum atomic E-state index is -0.172. The number of aliphatic hydroxyl groups is 1. The average molecular weight is 386 g/mol. The quantitative estimate of drug-likeness (QED) is 0.466. The Morgan fingerprint density at radius 2 is 1.89 bits per heavy atom. The molecule has 0 heterocycles. The van der Waals surface area contributed by atoms with Crippen molar-refractivity contribution in [3.63, 3.8) is 0 Å². The van der Waals surface area contributed by atoms with E-state index in [1.54, 1.807) is 5.57 Å². The van der Waals surface area contributed by atoms with E-state index in [1.807, 2.05) is 0 Å². The summed E-state index contributed by atoms with van der Waals surface area (Å²) in [6.07, 6.45) is 18.2. The molecule has 3 saturated carbocycles. The summed E-state index contributed by atoms with van der Waals surface area (Å²) in [6.45, 7) is 14.1. The van der Waals surface area contributed by atoms with Crippen molar-refractivity contribution in [3.05, 3.63) is 35.5 Å². The van der Waals surface area contributed by atoms with Crippen molar-refractivity contribution in [2.24, 2.45) is 29.1 Å². The molecule has 0 saturated heterocycles. The summed E-state index contributed by atoms with van der Waals surface area (Å²) in [7, 11) is 0. The molecular weight excluding hydrogens is 341 g/mol. The third-order valence-corrected chi connectivity index (χ3v) is 8.35. The van der Waals surface area contributed by atoms with Crippen molar-refractivity contribution < 1.29 is 5.11 Å². The van der Waals surface area contributed by atoms with E-state index in [9.17, 15) is 5.11 Å². The maximum atomic E-state index is 10.0. The Morgan fingerprint density at radius 3 is 2.64 bits per heavy atom. The zero-order valence-corrected chi connectivity index (χ0v) is 19.0. The lowest BCUT2D eigenvalue weighted by atomic mass is 9.60. The van der Waals surface area contributed by atoms with Gasteiger partial charge in [0.25, 0.3) is 0 Å². The molecule has 3 rings (SSSR count). The van der Waals surface area contributed by atoms with Gasteiger partial charge in [-0.2, -0.15) is 0 Å². The molecular formula is C27H44O. The largest absolute Gasteiger partial charge is 0.393 e. The lowest BCUT2D eigenvalue weighted by Crippen LogP contribution is -2.36. The lowest BCUT2D eigenvalue weighted by molar-refractivity contribution is 0.0929. The number of aliphatic hydroxyl groups excluding tert-OH is 1.